The van der Waals surface area contributed by atoms with Crippen LogP contribution in [0.3, 0.4) is 0 Å². The molecule has 1 aliphatic rings. The van der Waals surface area contributed by atoms with Gasteiger partial charge in [0.2, 0.25) is 0 Å². The number of carbonyl (C=O) groups excluding carboxylic acids is 3. The molecule has 2 aromatic rings. The zero-order valence-electron chi connectivity index (χ0n) is 14.6. The highest BCUT2D eigenvalue weighted by Gasteiger charge is 2.38. The van der Waals surface area contributed by atoms with Gasteiger partial charge in [0.25, 0.3) is 11.8 Å². The third kappa shape index (κ3) is 3.32. The summed E-state index contributed by atoms with van der Waals surface area (Å²) >= 11 is 0. The van der Waals surface area contributed by atoms with E-state index in [0.29, 0.717) is 11.3 Å². The number of benzene rings is 2. The summed E-state index contributed by atoms with van der Waals surface area (Å²) in [4.78, 5) is 38.1. The number of phenolic OH excluding ortho intramolecular Hbond substituents is 1. The van der Waals surface area contributed by atoms with E-state index in [1.165, 1.54) is 38.5 Å². The predicted molar refractivity (Wildman–Crippen MR) is 96.7 cm³/mol. The van der Waals surface area contributed by atoms with Gasteiger partial charge >= 0.3 is 6.03 Å². The van der Waals surface area contributed by atoms with Crippen molar-refractivity contribution >= 4 is 29.6 Å². The number of nitrogens with zero attached hydrogens (tertiary/aromatic N) is 1. The first-order chi connectivity index (χ1) is 13.0. The van der Waals surface area contributed by atoms with Crippen molar-refractivity contribution in [2.24, 2.45) is 0 Å². The Kier molecular flexibility index (Phi) is 4.80. The van der Waals surface area contributed by atoms with E-state index >= 15 is 0 Å². The Balaban J connectivity index is 2.03. The third-order valence-corrected chi connectivity index (χ3v) is 3.94. The molecule has 0 atom stereocenters. The second kappa shape index (κ2) is 7.20. The molecule has 1 aliphatic heterocycles. The Morgan fingerprint density at radius 1 is 1.00 bits per heavy atom. The number of anilines is 1. The van der Waals surface area contributed by atoms with Gasteiger partial charge in [0.15, 0.2) is 11.5 Å². The van der Waals surface area contributed by atoms with Crippen molar-refractivity contribution in [3.63, 3.8) is 0 Å². The smallest absolute Gasteiger partial charge is 0.336 e. The van der Waals surface area contributed by atoms with Crippen LogP contribution < -0.4 is 19.7 Å². The number of carbonyl (C=O) groups is 3. The van der Waals surface area contributed by atoms with Crippen LogP contribution in [-0.4, -0.2) is 37.2 Å². The first-order valence-electron chi connectivity index (χ1n) is 7.87. The van der Waals surface area contributed by atoms with Crippen LogP contribution >= 0.6 is 0 Å². The molecule has 27 heavy (non-hydrogen) atoms. The fourth-order valence-electron chi connectivity index (χ4n) is 2.65. The van der Waals surface area contributed by atoms with Gasteiger partial charge in [0.05, 0.1) is 19.9 Å². The fraction of sp³-hybridized carbons (Fsp3) is 0.105. The number of ether oxygens (including phenoxy) is 2. The molecule has 1 saturated heterocycles. The monoisotopic (exact) mass is 368 g/mol. The van der Waals surface area contributed by atoms with Crippen LogP contribution in [0, 0.1) is 0 Å². The van der Waals surface area contributed by atoms with Gasteiger partial charge in [0, 0.05) is 0 Å². The van der Waals surface area contributed by atoms with Gasteiger partial charge < -0.3 is 14.6 Å². The molecular weight excluding hydrogens is 352 g/mol. The highest BCUT2D eigenvalue weighted by molar-refractivity contribution is 6.39. The van der Waals surface area contributed by atoms with Gasteiger partial charge in [-0.25, -0.2) is 9.69 Å². The van der Waals surface area contributed by atoms with E-state index in [9.17, 15) is 19.5 Å². The lowest BCUT2D eigenvalue weighted by Gasteiger charge is -2.27. The summed E-state index contributed by atoms with van der Waals surface area (Å²) in [7, 11) is 2.81. The maximum Gasteiger partial charge on any atom is 0.336 e. The van der Waals surface area contributed by atoms with Crippen molar-refractivity contribution in [1.82, 2.24) is 5.32 Å². The van der Waals surface area contributed by atoms with Crippen LogP contribution in [0.15, 0.2) is 48.0 Å². The summed E-state index contributed by atoms with van der Waals surface area (Å²) < 4.78 is 10.2. The predicted octanol–water partition coefficient (Wildman–Crippen LogP) is 2.08. The van der Waals surface area contributed by atoms with E-state index in [1.807, 2.05) is 0 Å². The zero-order chi connectivity index (χ0) is 19.6. The molecule has 1 fully saturated rings. The largest absolute Gasteiger partial charge is 0.504 e. The average Bonchev–Trinajstić information content (AvgIpc) is 2.65. The number of amides is 4. The summed E-state index contributed by atoms with van der Waals surface area (Å²) in [5.74, 6) is -1.22. The zero-order valence-corrected chi connectivity index (χ0v) is 14.6. The molecule has 8 heteroatoms. The summed E-state index contributed by atoms with van der Waals surface area (Å²) in [6.07, 6.45) is 1.28. The number of aromatic hydroxyl groups is 1. The van der Waals surface area contributed by atoms with E-state index in [-0.39, 0.29) is 22.8 Å². The Morgan fingerprint density at radius 2 is 1.70 bits per heavy atom. The number of rotatable bonds is 4. The van der Waals surface area contributed by atoms with Gasteiger partial charge in [-0.3, -0.25) is 14.9 Å². The molecule has 0 aliphatic carbocycles. The molecule has 0 saturated carbocycles. The van der Waals surface area contributed by atoms with Crippen molar-refractivity contribution in [2.45, 2.75) is 0 Å². The lowest BCUT2D eigenvalue weighted by Crippen LogP contribution is -2.54. The third-order valence-electron chi connectivity index (χ3n) is 3.94. The summed E-state index contributed by atoms with van der Waals surface area (Å²) in [6, 6.07) is 9.99. The number of imide groups is 2. The standard InChI is InChI=1S/C19H16N2O6/c1-26-15-6-4-3-5-13(15)21-18(24)12(17(23)20-19(21)25)9-11-7-8-16(27-2)14(22)10-11/h3-10,22H,1-2H3,(H,20,23,25)/b12-9+. The molecule has 2 aromatic carbocycles. The highest BCUT2D eigenvalue weighted by Crippen LogP contribution is 2.31. The van der Waals surface area contributed by atoms with Crippen molar-refractivity contribution in [3.8, 4) is 17.2 Å². The van der Waals surface area contributed by atoms with Crippen LogP contribution in [0.25, 0.3) is 6.08 Å². The van der Waals surface area contributed by atoms with Crippen LogP contribution in [0.4, 0.5) is 10.5 Å². The maximum absolute atomic E-state index is 12.9. The number of urea groups is 1. The molecule has 0 bridgehead atoms. The maximum atomic E-state index is 12.9. The number of phenols is 1. The summed E-state index contributed by atoms with van der Waals surface area (Å²) in [6.45, 7) is 0. The normalized spacial score (nSPS) is 15.7. The minimum absolute atomic E-state index is 0.145. The number of hydrogen-bond acceptors (Lipinski definition) is 6. The quantitative estimate of drug-likeness (QED) is 0.632. The summed E-state index contributed by atoms with van der Waals surface area (Å²) in [5.41, 5.74) is 0.338. The lowest BCUT2D eigenvalue weighted by molar-refractivity contribution is -0.122. The van der Waals surface area contributed by atoms with Gasteiger partial charge in [-0.15, -0.1) is 0 Å². The van der Waals surface area contributed by atoms with Crippen LogP contribution in [-0.2, 0) is 9.59 Å². The first kappa shape index (κ1) is 18.0. The Labute approximate surface area is 154 Å². The number of hydrogen-bond donors (Lipinski definition) is 2. The van der Waals surface area contributed by atoms with Crippen molar-refractivity contribution in [1.29, 1.82) is 0 Å². The molecular formula is C19H16N2O6. The van der Waals surface area contributed by atoms with Crippen LogP contribution in [0.1, 0.15) is 5.56 Å². The van der Waals surface area contributed by atoms with E-state index in [1.54, 1.807) is 24.3 Å². The van der Waals surface area contributed by atoms with Crippen molar-refractivity contribution in [3.05, 3.63) is 53.6 Å². The second-order valence-electron chi connectivity index (χ2n) is 5.56. The van der Waals surface area contributed by atoms with Crippen molar-refractivity contribution < 1.29 is 29.0 Å². The fourth-order valence-corrected chi connectivity index (χ4v) is 2.65. The Morgan fingerprint density at radius 3 is 2.37 bits per heavy atom. The summed E-state index contributed by atoms with van der Waals surface area (Å²) in [5, 5.41) is 12.0. The van der Waals surface area contributed by atoms with Crippen molar-refractivity contribution in [2.75, 3.05) is 19.1 Å². The average molecular weight is 368 g/mol. The minimum Gasteiger partial charge on any atom is -0.504 e. The van der Waals surface area contributed by atoms with Gasteiger partial charge in [-0.1, -0.05) is 18.2 Å². The molecule has 0 radical (unpaired) electrons. The van der Waals surface area contributed by atoms with E-state index in [2.05, 4.69) is 5.32 Å². The molecule has 3 rings (SSSR count). The van der Waals surface area contributed by atoms with Gasteiger partial charge in [-0.05, 0) is 35.9 Å². The molecule has 138 valence electrons. The van der Waals surface area contributed by atoms with Crippen LogP contribution in [0.2, 0.25) is 0 Å². The number of barbiturate groups is 1. The SMILES string of the molecule is COc1ccc(/C=C2\C(=O)NC(=O)N(c3ccccc3OC)C2=O)cc1O. The second-order valence-corrected chi connectivity index (χ2v) is 5.56. The van der Waals surface area contributed by atoms with Gasteiger partial charge in [0.1, 0.15) is 11.3 Å². The highest BCUT2D eigenvalue weighted by atomic mass is 16.5. The number of nitrogens with one attached hydrogen (secondary N) is 1. The number of methoxy groups -OCH3 is 2. The molecule has 2 N–H and O–H groups in total. The topological polar surface area (TPSA) is 105 Å². The van der Waals surface area contributed by atoms with E-state index < -0.39 is 17.8 Å². The number of para-hydroxylation sites is 2. The van der Waals surface area contributed by atoms with Crippen LogP contribution in [0.5, 0.6) is 17.2 Å². The Bertz CT molecular complexity index is 966. The molecule has 4 amide bonds. The molecule has 8 nitrogen and oxygen atoms in total. The first-order valence-corrected chi connectivity index (χ1v) is 7.87. The molecule has 1 heterocycles. The molecule has 0 unspecified atom stereocenters. The lowest BCUT2D eigenvalue weighted by atomic mass is 10.1. The molecule has 0 aromatic heterocycles. The Hall–Kier alpha value is -3.81. The molecule has 0 spiro atoms. The van der Waals surface area contributed by atoms with E-state index in [0.717, 1.165) is 4.90 Å². The van der Waals surface area contributed by atoms with E-state index in [4.69, 9.17) is 9.47 Å². The van der Waals surface area contributed by atoms with Gasteiger partial charge in [-0.2, -0.15) is 0 Å². The minimum atomic E-state index is -0.871.